The molecule has 2 aromatic heterocycles. The summed E-state index contributed by atoms with van der Waals surface area (Å²) in [4.78, 5) is 4.59. The predicted octanol–water partition coefficient (Wildman–Crippen LogP) is 2.53. The summed E-state index contributed by atoms with van der Waals surface area (Å²) in [5, 5.41) is 17.0. The van der Waals surface area contributed by atoms with E-state index < -0.39 is 0 Å². The molecule has 5 rings (SSSR count). The third kappa shape index (κ3) is 4.19. The van der Waals surface area contributed by atoms with Crippen LogP contribution in [0.15, 0.2) is 60.7 Å². The average molecular weight is 448 g/mol. The van der Waals surface area contributed by atoms with Gasteiger partial charge in [0.2, 0.25) is 5.95 Å². The first-order valence-electron chi connectivity index (χ1n) is 10.7. The van der Waals surface area contributed by atoms with Gasteiger partial charge in [-0.15, -0.1) is 0 Å². The zero-order valence-electron chi connectivity index (χ0n) is 17.9. The second-order valence-electron chi connectivity index (χ2n) is 7.87. The van der Waals surface area contributed by atoms with Crippen LogP contribution in [0, 0.1) is 11.7 Å². The highest BCUT2D eigenvalue weighted by Gasteiger charge is 2.23. The van der Waals surface area contributed by atoms with Gasteiger partial charge in [0.25, 0.3) is 0 Å². The molecule has 0 N–H and O–H groups in total. The van der Waals surface area contributed by atoms with Crippen molar-refractivity contribution in [2.75, 3.05) is 31.1 Å². The van der Waals surface area contributed by atoms with Crippen LogP contribution < -0.4 is 4.90 Å². The van der Waals surface area contributed by atoms with Crippen molar-refractivity contribution in [3.8, 4) is 5.69 Å². The van der Waals surface area contributed by atoms with Crippen molar-refractivity contribution in [2.24, 2.45) is 0 Å². The van der Waals surface area contributed by atoms with E-state index in [4.69, 9.17) is 17.3 Å². The van der Waals surface area contributed by atoms with E-state index in [9.17, 15) is 0 Å². The Bertz CT molecular complexity index is 1220. The number of hydrogen-bond donors (Lipinski definition) is 0. The van der Waals surface area contributed by atoms with Crippen LogP contribution in [0.1, 0.15) is 11.4 Å². The zero-order chi connectivity index (χ0) is 21.9. The molecule has 0 atom stereocenters. The van der Waals surface area contributed by atoms with Crippen LogP contribution in [0.3, 0.4) is 0 Å². The number of aryl methyl sites for hydroxylation is 1. The molecule has 1 fully saturated rings. The molecule has 0 aliphatic carbocycles. The summed E-state index contributed by atoms with van der Waals surface area (Å²) in [6, 6.07) is 20.3. The summed E-state index contributed by atoms with van der Waals surface area (Å²) >= 11 is 5.74. The number of piperazine rings is 1. The largest absolute Gasteiger partial charge is 0.337 e. The number of tetrazole rings is 1. The Morgan fingerprint density at radius 1 is 0.906 bits per heavy atom. The quantitative estimate of drug-likeness (QED) is 0.421. The van der Waals surface area contributed by atoms with Crippen molar-refractivity contribution in [1.82, 2.24) is 39.5 Å². The number of anilines is 1. The molecule has 0 amide bonds. The molecule has 0 spiro atoms. The Morgan fingerprint density at radius 3 is 2.31 bits per heavy atom. The maximum atomic E-state index is 5.74. The normalized spacial score (nSPS) is 14.7. The maximum Gasteiger partial charge on any atom is 0.250 e. The van der Waals surface area contributed by atoms with Crippen molar-refractivity contribution in [3.63, 3.8) is 0 Å². The van der Waals surface area contributed by atoms with Crippen molar-refractivity contribution >= 4 is 18.2 Å². The van der Waals surface area contributed by atoms with E-state index in [-0.39, 0.29) is 0 Å². The second kappa shape index (κ2) is 9.01. The molecule has 2 aromatic carbocycles. The first kappa shape index (κ1) is 20.5. The van der Waals surface area contributed by atoms with Crippen LogP contribution in [0.5, 0.6) is 0 Å². The van der Waals surface area contributed by atoms with Gasteiger partial charge in [-0.3, -0.25) is 9.47 Å². The highest BCUT2D eigenvalue weighted by atomic mass is 32.1. The molecule has 0 bridgehead atoms. The van der Waals surface area contributed by atoms with Crippen molar-refractivity contribution < 1.29 is 0 Å². The smallest absolute Gasteiger partial charge is 0.250 e. The lowest BCUT2D eigenvalue weighted by molar-refractivity contribution is 0.193. The molecule has 1 aliphatic heterocycles. The van der Waals surface area contributed by atoms with E-state index in [1.54, 1.807) is 4.68 Å². The van der Waals surface area contributed by atoms with Gasteiger partial charge in [0, 0.05) is 26.2 Å². The van der Waals surface area contributed by atoms with Gasteiger partial charge in [-0.2, -0.15) is 9.78 Å². The highest BCUT2D eigenvalue weighted by molar-refractivity contribution is 7.71. The van der Waals surface area contributed by atoms with Gasteiger partial charge in [0.1, 0.15) is 5.82 Å². The molecule has 3 heterocycles. The third-order valence-corrected chi connectivity index (χ3v) is 6.17. The summed E-state index contributed by atoms with van der Waals surface area (Å²) in [7, 11) is 0. The molecule has 1 aliphatic rings. The Balaban J connectivity index is 1.24. The molecule has 1 saturated heterocycles. The van der Waals surface area contributed by atoms with E-state index in [2.05, 4.69) is 42.0 Å². The summed E-state index contributed by atoms with van der Waals surface area (Å²) in [6.07, 6.45) is 0. The second-order valence-corrected chi connectivity index (χ2v) is 8.24. The molecule has 0 unspecified atom stereocenters. The molecule has 9 nitrogen and oxygen atoms in total. The van der Waals surface area contributed by atoms with Gasteiger partial charge in [-0.25, -0.2) is 4.68 Å². The molecule has 0 saturated carbocycles. The van der Waals surface area contributed by atoms with Crippen LogP contribution in [0.4, 0.5) is 5.95 Å². The van der Waals surface area contributed by atoms with E-state index in [0.717, 1.165) is 55.0 Å². The number of rotatable bonds is 6. The number of nitrogens with zero attached hydrogens (tertiary/aromatic N) is 9. The topological polar surface area (TPSA) is 72.8 Å². The van der Waals surface area contributed by atoms with Crippen LogP contribution in [0.2, 0.25) is 0 Å². The monoisotopic (exact) mass is 447 g/mol. The first-order chi connectivity index (χ1) is 15.7. The SMILES string of the molecule is Cc1nn(CN2CCN(c3nnnn3-c3ccccc3)CC2)c(=S)n1Cc1ccccc1. The van der Waals surface area contributed by atoms with Crippen molar-refractivity contribution in [2.45, 2.75) is 20.1 Å². The van der Waals surface area contributed by atoms with E-state index in [1.807, 2.05) is 60.1 Å². The molecule has 32 heavy (non-hydrogen) atoms. The van der Waals surface area contributed by atoms with Crippen LogP contribution in [0.25, 0.3) is 5.69 Å². The number of para-hydroxylation sites is 1. The molecular weight excluding hydrogens is 422 g/mol. The maximum absolute atomic E-state index is 5.74. The van der Waals surface area contributed by atoms with Gasteiger partial charge < -0.3 is 4.90 Å². The number of hydrogen-bond acceptors (Lipinski definition) is 7. The van der Waals surface area contributed by atoms with Crippen LogP contribution in [-0.4, -0.2) is 65.6 Å². The van der Waals surface area contributed by atoms with Crippen LogP contribution >= 0.6 is 12.2 Å². The fourth-order valence-corrected chi connectivity index (χ4v) is 4.28. The summed E-state index contributed by atoms with van der Waals surface area (Å²) in [5.41, 5.74) is 2.18. The molecule has 0 radical (unpaired) electrons. The minimum Gasteiger partial charge on any atom is -0.337 e. The average Bonchev–Trinajstić information content (AvgIpc) is 3.42. The Hall–Kier alpha value is -3.37. The van der Waals surface area contributed by atoms with E-state index in [0.29, 0.717) is 6.67 Å². The standard InChI is InChI=1S/C22H25N9S/c1-18-24-30(22(32)29(18)16-19-8-4-2-5-9-19)17-27-12-14-28(15-13-27)21-23-25-26-31(21)20-10-6-3-7-11-20/h2-11H,12-17H2,1H3. The predicted molar refractivity (Wildman–Crippen MR) is 124 cm³/mol. The molecule has 164 valence electrons. The van der Waals surface area contributed by atoms with Crippen molar-refractivity contribution in [3.05, 3.63) is 76.8 Å². The summed E-state index contributed by atoms with van der Waals surface area (Å²) in [6.45, 7) is 6.87. The Kier molecular flexibility index (Phi) is 5.78. The van der Waals surface area contributed by atoms with Crippen molar-refractivity contribution in [1.29, 1.82) is 0 Å². The fourth-order valence-electron chi connectivity index (χ4n) is 3.98. The van der Waals surface area contributed by atoms with Crippen LogP contribution in [-0.2, 0) is 13.2 Å². The minimum absolute atomic E-state index is 0.679. The molecule has 4 aromatic rings. The van der Waals surface area contributed by atoms with Gasteiger partial charge >= 0.3 is 0 Å². The summed E-state index contributed by atoms with van der Waals surface area (Å²) < 4.78 is 6.56. The lowest BCUT2D eigenvalue weighted by Gasteiger charge is -2.34. The third-order valence-electron chi connectivity index (χ3n) is 5.73. The van der Waals surface area contributed by atoms with Gasteiger partial charge in [-0.1, -0.05) is 53.6 Å². The lowest BCUT2D eigenvalue weighted by Crippen LogP contribution is -2.47. The fraction of sp³-hybridized carbons (Fsp3) is 0.318. The first-order valence-corrected chi connectivity index (χ1v) is 11.1. The number of aromatic nitrogens is 7. The van der Waals surface area contributed by atoms with E-state index >= 15 is 0 Å². The Morgan fingerprint density at radius 2 is 1.59 bits per heavy atom. The molecular formula is C22H25N9S. The summed E-state index contributed by atoms with van der Waals surface area (Å²) in [5.74, 6) is 1.70. The van der Waals surface area contributed by atoms with E-state index in [1.165, 1.54) is 5.56 Å². The Labute approximate surface area is 191 Å². The minimum atomic E-state index is 0.679. The number of benzene rings is 2. The lowest BCUT2D eigenvalue weighted by atomic mass is 10.2. The molecule has 10 heteroatoms. The van der Waals surface area contributed by atoms with Gasteiger partial charge in [0.15, 0.2) is 4.77 Å². The van der Waals surface area contributed by atoms with Gasteiger partial charge in [0.05, 0.1) is 18.9 Å². The van der Waals surface area contributed by atoms with Gasteiger partial charge in [-0.05, 0) is 47.3 Å². The highest BCUT2D eigenvalue weighted by Crippen LogP contribution is 2.17. The zero-order valence-corrected chi connectivity index (χ0v) is 18.8.